The molecule has 160 valence electrons. The standard InChI is InChI=1S/C22H28ClN5O2/c1-15-13-24-22(25-19-6-10-30-11-7-19)26-21(15)28-9-8-27(14-28)20(16(2)29)17-4-3-5-18(23)12-17/h3-5,8-9,12-13,16,19-20,29H,6-7,10-11,14H2,1-2H3,(H,24,25,26). The molecule has 1 aromatic heterocycles. The number of rotatable bonds is 6. The lowest BCUT2D eigenvalue weighted by atomic mass is 10.0. The second-order valence-corrected chi connectivity index (χ2v) is 8.33. The predicted molar refractivity (Wildman–Crippen MR) is 118 cm³/mol. The van der Waals surface area contributed by atoms with Crippen LogP contribution in [0.1, 0.15) is 36.9 Å². The molecule has 2 aliphatic heterocycles. The van der Waals surface area contributed by atoms with E-state index in [1.54, 1.807) is 6.92 Å². The van der Waals surface area contributed by atoms with Gasteiger partial charge in [0.05, 0.1) is 18.8 Å². The summed E-state index contributed by atoms with van der Waals surface area (Å²) in [4.78, 5) is 13.4. The summed E-state index contributed by atoms with van der Waals surface area (Å²) in [5.74, 6) is 1.49. The number of halogens is 1. The Morgan fingerprint density at radius 2 is 2.07 bits per heavy atom. The molecule has 1 fully saturated rings. The predicted octanol–water partition coefficient (Wildman–Crippen LogP) is 3.70. The Morgan fingerprint density at radius 1 is 1.27 bits per heavy atom. The summed E-state index contributed by atoms with van der Waals surface area (Å²) >= 11 is 6.18. The lowest BCUT2D eigenvalue weighted by Gasteiger charge is -2.32. The van der Waals surface area contributed by atoms with Crippen LogP contribution in [0, 0.1) is 6.92 Å². The second kappa shape index (κ2) is 9.20. The monoisotopic (exact) mass is 429 g/mol. The Hall–Kier alpha value is -2.35. The van der Waals surface area contributed by atoms with E-state index in [9.17, 15) is 5.11 Å². The van der Waals surface area contributed by atoms with Crippen LogP contribution in [0.4, 0.5) is 11.8 Å². The third kappa shape index (κ3) is 4.69. The van der Waals surface area contributed by atoms with Crippen LogP contribution in [0.3, 0.4) is 0 Å². The van der Waals surface area contributed by atoms with Gasteiger partial charge in [0.25, 0.3) is 0 Å². The van der Waals surface area contributed by atoms with Gasteiger partial charge in [0, 0.05) is 48.4 Å². The Kier molecular flexibility index (Phi) is 6.41. The van der Waals surface area contributed by atoms with Gasteiger partial charge in [-0.1, -0.05) is 23.7 Å². The minimum Gasteiger partial charge on any atom is -0.391 e. The van der Waals surface area contributed by atoms with Crippen LogP contribution in [0.5, 0.6) is 0 Å². The van der Waals surface area contributed by atoms with Crippen LogP contribution in [0.25, 0.3) is 0 Å². The van der Waals surface area contributed by atoms with Gasteiger partial charge in [-0.15, -0.1) is 0 Å². The second-order valence-electron chi connectivity index (χ2n) is 7.90. The van der Waals surface area contributed by atoms with Crippen LogP contribution >= 0.6 is 11.6 Å². The van der Waals surface area contributed by atoms with E-state index in [0.29, 0.717) is 23.7 Å². The summed E-state index contributed by atoms with van der Waals surface area (Å²) in [6.07, 6.45) is 7.19. The number of aromatic nitrogens is 2. The van der Waals surface area contributed by atoms with Gasteiger partial charge in [-0.3, -0.25) is 0 Å². The lowest BCUT2D eigenvalue weighted by Crippen LogP contribution is -2.35. The van der Waals surface area contributed by atoms with Gasteiger partial charge in [-0.25, -0.2) is 4.98 Å². The number of benzene rings is 1. The van der Waals surface area contributed by atoms with E-state index in [1.807, 2.05) is 49.8 Å². The zero-order valence-electron chi connectivity index (χ0n) is 17.3. The zero-order valence-corrected chi connectivity index (χ0v) is 18.1. The van der Waals surface area contributed by atoms with Gasteiger partial charge in [0.2, 0.25) is 5.95 Å². The normalized spacial score (nSPS) is 19.2. The minimum atomic E-state index is -0.565. The molecule has 2 aliphatic rings. The van der Waals surface area contributed by atoms with Gasteiger partial charge >= 0.3 is 0 Å². The van der Waals surface area contributed by atoms with Crippen molar-refractivity contribution in [3.8, 4) is 0 Å². The maximum atomic E-state index is 10.5. The van der Waals surface area contributed by atoms with Crippen molar-refractivity contribution in [3.63, 3.8) is 0 Å². The van der Waals surface area contributed by atoms with E-state index < -0.39 is 6.10 Å². The summed E-state index contributed by atoms with van der Waals surface area (Å²) in [5, 5.41) is 14.6. The molecular weight excluding hydrogens is 402 g/mol. The first-order valence-electron chi connectivity index (χ1n) is 10.3. The number of aliphatic hydroxyl groups is 1. The molecule has 8 heteroatoms. The van der Waals surface area contributed by atoms with Crippen molar-refractivity contribution < 1.29 is 9.84 Å². The fourth-order valence-electron chi connectivity index (χ4n) is 4.01. The van der Waals surface area contributed by atoms with Crippen molar-refractivity contribution in [3.05, 3.63) is 59.0 Å². The Balaban J connectivity index is 1.50. The zero-order chi connectivity index (χ0) is 21.1. The molecular formula is C22H28ClN5O2. The molecule has 2 unspecified atom stereocenters. The highest BCUT2D eigenvalue weighted by Gasteiger charge is 2.28. The van der Waals surface area contributed by atoms with E-state index in [-0.39, 0.29) is 6.04 Å². The number of anilines is 2. The summed E-state index contributed by atoms with van der Waals surface area (Å²) in [7, 11) is 0. The molecule has 0 spiro atoms. The number of nitrogens with one attached hydrogen (secondary N) is 1. The Bertz CT molecular complexity index is 901. The quantitative estimate of drug-likeness (QED) is 0.725. The van der Waals surface area contributed by atoms with Crippen LogP contribution in [-0.2, 0) is 4.74 Å². The molecule has 2 atom stereocenters. The smallest absolute Gasteiger partial charge is 0.224 e. The molecule has 4 rings (SSSR count). The summed E-state index contributed by atoms with van der Waals surface area (Å²) in [6.45, 7) is 5.92. The summed E-state index contributed by atoms with van der Waals surface area (Å²) in [5.41, 5.74) is 1.97. The van der Waals surface area contributed by atoms with E-state index in [4.69, 9.17) is 21.3 Å². The van der Waals surface area contributed by atoms with Crippen molar-refractivity contribution in [1.29, 1.82) is 0 Å². The van der Waals surface area contributed by atoms with Crippen LogP contribution in [0.2, 0.25) is 5.02 Å². The van der Waals surface area contributed by atoms with Crippen molar-refractivity contribution >= 4 is 23.4 Å². The maximum Gasteiger partial charge on any atom is 0.224 e. The average molecular weight is 430 g/mol. The van der Waals surface area contributed by atoms with Gasteiger partial charge in [-0.2, -0.15) is 4.98 Å². The molecule has 7 nitrogen and oxygen atoms in total. The summed E-state index contributed by atoms with van der Waals surface area (Å²) in [6, 6.07) is 7.78. The first-order chi connectivity index (χ1) is 14.5. The van der Waals surface area contributed by atoms with Gasteiger partial charge < -0.3 is 25.0 Å². The number of hydrogen-bond acceptors (Lipinski definition) is 7. The highest BCUT2D eigenvalue weighted by molar-refractivity contribution is 6.30. The molecule has 0 amide bonds. The SMILES string of the molecule is Cc1cnc(NC2CCOCC2)nc1N1C=CN(C(c2cccc(Cl)c2)C(C)O)C1. The molecule has 0 aliphatic carbocycles. The Morgan fingerprint density at radius 3 is 2.80 bits per heavy atom. The van der Waals surface area contributed by atoms with E-state index in [0.717, 1.165) is 43.0 Å². The molecule has 2 N–H and O–H groups in total. The van der Waals surface area contributed by atoms with Crippen LogP contribution in [0.15, 0.2) is 42.9 Å². The van der Waals surface area contributed by atoms with Crippen LogP contribution in [-0.4, -0.2) is 52.0 Å². The fourth-order valence-corrected chi connectivity index (χ4v) is 4.21. The third-order valence-electron chi connectivity index (χ3n) is 5.53. The third-order valence-corrected chi connectivity index (χ3v) is 5.76. The van der Waals surface area contributed by atoms with E-state index >= 15 is 0 Å². The molecule has 2 aromatic rings. The average Bonchev–Trinajstić information content (AvgIpc) is 3.19. The topological polar surface area (TPSA) is 73.8 Å². The number of ether oxygens (including phenoxy) is 1. The van der Waals surface area contributed by atoms with Gasteiger partial charge in [-0.05, 0) is 44.4 Å². The van der Waals surface area contributed by atoms with Crippen LogP contribution < -0.4 is 10.2 Å². The molecule has 0 radical (unpaired) electrons. The molecule has 1 saturated heterocycles. The van der Waals surface area contributed by atoms with E-state index in [2.05, 4.69) is 20.1 Å². The lowest BCUT2D eigenvalue weighted by molar-refractivity contribution is 0.0902. The van der Waals surface area contributed by atoms with Crippen molar-refractivity contribution in [2.45, 2.75) is 44.9 Å². The molecule has 1 aromatic carbocycles. The number of aliphatic hydroxyl groups excluding tert-OH is 1. The van der Waals surface area contributed by atoms with Crippen molar-refractivity contribution in [1.82, 2.24) is 14.9 Å². The highest BCUT2D eigenvalue weighted by atomic mass is 35.5. The largest absolute Gasteiger partial charge is 0.391 e. The number of hydrogen-bond donors (Lipinski definition) is 2. The maximum absolute atomic E-state index is 10.5. The van der Waals surface area contributed by atoms with Crippen molar-refractivity contribution in [2.75, 3.05) is 30.1 Å². The molecule has 0 bridgehead atoms. The fraction of sp³-hybridized carbons (Fsp3) is 0.455. The summed E-state index contributed by atoms with van der Waals surface area (Å²) < 4.78 is 5.43. The molecule has 0 saturated carbocycles. The van der Waals surface area contributed by atoms with Gasteiger partial charge in [0.1, 0.15) is 5.82 Å². The number of aryl methyl sites for hydroxylation is 1. The number of nitrogens with zero attached hydrogens (tertiary/aromatic N) is 4. The highest BCUT2D eigenvalue weighted by Crippen LogP contribution is 2.31. The van der Waals surface area contributed by atoms with Crippen molar-refractivity contribution in [2.24, 2.45) is 0 Å². The van der Waals surface area contributed by atoms with E-state index in [1.165, 1.54) is 0 Å². The molecule has 3 heterocycles. The van der Waals surface area contributed by atoms with Gasteiger partial charge in [0.15, 0.2) is 0 Å². The minimum absolute atomic E-state index is 0.202. The molecule has 30 heavy (non-hydrogen) atoms. The first kappa shape index (κ1) is 20.9. The first-order valence-corrected chi connectivity index (χ1v) is 10.7. The Labute approximate surface area is 182 Å².